The van der Waals surface area contributed by atoms with Crippen molar-refractivity contribution in [1.29, 1.82) is 0 Å². The summed E-state index contributed by atoms with van der Waals surface area (Å²) >= 11 is 0. The van der Waals surface area contributed by atoms with Crippen molar-refractivity contribution < 1.29 is 13.2 Å². The molecule has 0 fully saturated rings. The summed E-state index contributed by atoms with van der Waals surface area (Å²) < 4.78 is 24.3. The summed E-state index contributed by atoms with van der Waals surface area (Å²) in [7, 11) is -3.74. The molecule has 1 atom stereocenters. The normalized spacial score (nSPS) is 12.5. The van der Waals surface area contributed by atoms with Gasteiger partial charge >= 0.3 is 0 Å². The Hall–Kier alpha value is -2.97. The molecule has 0 radical (unpaired) electrons. The molecule has 2 aromatic carbocycles. The van der Waals surface area contributed by atoms with Crippen LogP contribution in [0.3, 0.4) is 0 Å². The summed E-state index contributed by atoms with van der Waals surface area (Å²) in [6, 6.07) is 15.2. The van der Waals surface area contributed by atoms with Crippen molar-refractivity contribution in [1.82, 2.24) is 14.9 Å². The van der Waals surface area contributed by atoms with Gasteiger partial charge in [-0.05, 0) is 36.8 Å². The molecule has 7 nitrogen and oxygen atoms in total. The van der Waals surface area contributed by atoms with Gasteiger partial charge in [-0.25, -0.2) is 18.5 Å². The van der Waals surface area contributed by atoms with E-state index < -0.39 is 10.0 Å². The minimum absolute atomic E-state index is 0.0296. The van der Waals surface area contributed by atoms with Gasteiger partial charge in [-0.15, -0.1) is 0 Å². The quantitative estimate of drug-likeness (QED) is 0.716. The minimum atomic E-state index is -3.74. The lowest BCUT2D eigenvalue weighted by Crippen LogP contribution is -2.28. The van der Waals surface area contributed by atoms with E-state index in [-0.39, 0.29) is 16.8 Å². The Balaban J connectivity index is 1.78. The molecule has 3 aromatic rings. The zero-order chi connectivity index (χ0) is 18.7. The molecule has 1 aromatic heterocycles. The SMILES string of the molecule is C[C@@H](NC(=O)c1cncn1-c1ccccc1)c1ccc(S(N)(=O)=O)cc1. The van der Waals surface area contributed by atoms with Crippen LogP contribution in [0.5, 0.6) is 0 Å². The van der Waals surface area contributed by atoms with Crippen LogP contribution in [-0.4, -0.2) is 23.9 Å². The molecule has 0 aliphatic rings. The topological polar surface area (TPSA) is 107 Å². The highest BCUT2D eigenvalue weighted by Crippen LogP contribution is 2.17. The number of aromatic nitrogens is 2. The van der Waals surface area contributed by atoms with E-state index >= 15 is 0 Å². The van der Waals surface area contributed by atoms with E-state index in [4.69, 9.17) is 5.14 Å². The molecule has 0 spiro atoms. The van der Waals surface area contributed by atoms with Crippen molar-refractivity contribution in [3.05, 3.63) is 78.4 Å². The monoisotopic (exact) mass is 370 g/mol. The minimum Gasteiger partial charge on any atom is -0.344 e. The van der Waals surface area contributed by atoms with E-state index in [2.05, 4.69) is 10.3 Å². The van der Waals surface area contributed by atoms with E-state index in [0.717, 1.165) is 11.3 Å². The number of sulfonamides is 1. The molecule has 0 saturated carbocycles. The lowest BCUT2D eigenvalue weighted by Gasteiger charge is -2.15. The summed E-state index contributed by atoms with van der Waals surface area (Å²) in [5, 5.41) is 7.98. The Bertz CT molecular complexity index is 1010. The molecular formula is C18H18N4O3S. The molecule has 0 aliphatic carbocycles. The van der Waals surface area contributed by atoms with Crippen LogP contribution in [0.2, 0.25) is 0 Å². The van der Waals surface area contributed by atoms with Gasteiger partial charge in [0.2, 0.25) is 10.0 Å². The first-order valence-electron chi connectivity index (χ1n) is 7.87. The summed E-state index contributed by atoms with van der Waals surface area (Å²) in [6.07, 6.45) is 3.08. The Morgan fingerprint density at radius 1 is 1.12 bits per heavy atom. The lowest BCUT2D eigenvalue weighted by atomic mass is 10.1. The maximum absolute atomic E-state index is 12.6. The predicted molar refractivity (Wildman–Crippen MR) is 97.3 cm³/mol. The maximum Gasteiger partial charge on any atom is 0.270 e. The number of para-hydroxylation sites is 1. The fourth-order valence-corrected chi connectivity index (χ4v) is 3.07. The van der Waals surface area contributed by atoms with Crippen LogP contribution in [0.25, 0.3) is 5.69 Å². The van der Waals surface area contributed by atoms with Gasteiger partial charge in [-0.1, -0.05) is 30.3 Å². The molecule has 8 heteroatoms. The Morgan fingerprint density at radius 3 is 2.38 bits per heavy atom. The first kappa shape index (κ1) is 17.8. The standard InChI is InChI=1S/C18H18N4O3S/c1-13(14-7-9-16(10-8-14)26(19,24)25)21-18(23)17-11-20-12-22(17)15-5-3-2-4-6-15/h2-13H,1H3,(H,21,23)(H2,19,24,25)/t13-/m1/s1. The molecule has 1 heterocycles. The number of nitrogens with one attached hydrogen (secondary N) is 1. The first-order chi connectivity index (χ1) is 12.4. The van der Waals surface area contributed by atoms with Gasteiger partial charge in [0.25, 0.3) is 5.91 Å². The highest BCUT2D eigenvalue weighted by molar-refractivity contribution is 7.89. The van der Waals surface area contributed by atoms with Gasteiger partial charge in [0.15, 0.2) is 0 Å². The fraction of sp³-hybridized carbons (Fsp3) is 0.111. The molecule has 26 heavy (non-hydrogen) atoms. The van der Waals surface area contributed by atoms with Crippen LogP contribution in [0.15, 0.2) is 72.0 Å². The number of benzene rings is 2. The number of nitrogens with two attached hydrogens (primary N) is 1. The Morgan fingerprint density at radius 2 is 1.77 bits per heavy atom. The maximum atomic E-state index is 12.6. The zero-order valence-electron chi connectivity index (χ0n) is 14.0. The van der Waals surface area contributed by atoms with E-state index in [1.807, 2.05) is 37.3 Å². The van der Waals surface area contributed by atoms with Crippen molar-refractivity contribution >= 4 is 15.9 Å². The number of imidazole rings is 1. The van der Waals surface area contributed by atoms with Gasteiger partial charge < -0.3 is 5.32 Å². The molecule has 1 amide bonds. The van der Waals surface area contributed by atoms with Crippen molar-refractivity contribution in [2.75, 3.05) is 0 Å². The number of nitrogens with zero attached hydrogens (tertiary/aromatic N) is 2. The first-order valence-corrected chi connectivity index (χ1v) is 9.42. The second-order valence-electron chi connectivity index (χ2n) is 5.79. The molecule has 0 bridgehead atoms. The van der Waals surface area contributed by atoms with Crippen LogP contribution in [0.4, 0.5) is 0 Å². The second-order valence-corrected chi connectivity index (χ2v) is 7.36. The summed E-state index contributed by atoms with van der Waals surface area (Å²) in [5.74, 6) is -0.283. The second kappa shape index (κ2) is 7.11. The molecule has 3 N–H and O–H groups in total. The molecular weight excluding hydrogens is 352 g/mol. The Labute approximate surface area is 151 Å². The summed E-state index contributed by atoms with van der Waals surface area (Å²) in [6.45, 7) is 1.81. The number of amides is 1. The highest BCUT2D eigenvalue weighted by Gasteiger charge is 2.17. The number of rotatable bonds is 5. The fourth-order valence-electron chi connectivity index (χ4n) is 2.56. The molecule has 134 valence electrons. The van der Waals surface area contributed by atoms with Crippen LogP contribution in [0.1, 0.15) is 29.0 Å². The van der Waals surface area contributed by atoms with E-state index in [1.165, 1.54) is 18.3 Å². The predicted octanol–water partition coefficient (Wildman–Crippen LogP) is 2.01. The number of carbonyl (C=O) groups is 1. The van der Waals surface area contributed by atoms with Crippen molar-refractivity contribution in [3.8, 4) is 5.69 Å². The van der Waals surface area contributed by atoms with Crippen molar-refractivity contribution in [3.63, 3.8) is 0 Å². The molecule has 3 rings (SSSR count). The molecule has 0 unspecified atom stereocenters. The molecule has 0 saturated heterocycles. The van der Waals surface area contributed by atoms with Gasteiger partial charge in [-0.3, -0.25) is 9.36 Å². The Kier molecular flexibility index (Phi) is 4.88. The van der Waals surface area contributed by atoms with Gasteiger partial charge in [0, 0.05) is 5.69 Å². The van der Waals surface area contributed by atoms with Crippen LogP contribution < -0.4 is 10.5 Å². The number of primary sulfonamides is 1. The van der Waals surface area contributed by atoms with Gasteiger partial charge in [-0.2, -0.15) is 0 Å². The number of carbonyl (C=O) groups excluding carboxylic acids is 1. The van der Waals surface area contributed by atoms with E-state index in [1.54, 1.807) is 23.0 Å². The highest BCUT2D eigenvalue weighted by atomic mass is 32.2. The van der Waals surface area contributed by atoms with Crippen LogP contribution >= 0.6 is 0 Å². The number of hydrogen-bond donors (Lipinski definition) is 2. The summed E-state index contributed by atoms with van der Waals surface area (Å²) in [5.41, 5.74) is 2.00. The summed E-state index contributed by atoms with van der Waals surface area (Å²) in [4.78, 5) is 16.7. The van der Waals surface area contributed by atoms with Gasteiger partial charge in [0.05, 0.1) is 23.5 Å². The lowest BCUT2D eigenvalue weighted by molar-refractivity contribution is 0.0933. The van der Waals surface area contributed by atoms with E-state index in [0.29, 0.717) is 5.69 Å². The third-order valence-corrected chi connectivity index (χ3v) is 4.89. The van der Waals surface area contributed by atoms with Crippen LogP contribution in [0, 0.1) is 0 Å². The zero-order valence-corrected chi connectivity index (χ0v) is 14.8. The number of hydrogen-bond acceptors (Lipinski definition) is 4. The third-order valence-electron chi connectivity index (χ3n) is 3.96. The third kappa shape index (κ3) is 3.81. The van der Waals surface area contributed by atoms with Crippen molar-refractivity contribution in [2.24, 2.45) is 5.14 Å². The average molecular weight is 370 g/mol. The molecule has 0 aliphatic heterocycles. The average Bonchev–Trinajstić information content (AvgIpc) is 3.11. The van der Waals surface area contributed by atoms with Crippen LogP contribution in [-0.2, 0) is 10.0 Å². The van der Waals surface area contributed by atoms with Crippen molar-refractivity contribution in [2.45, 2.75) is 17.9 Å². The van der Waals surface area contributed by atoms with Gasteiger partial charge in [0.1, 0.15) is 5.69 Å². The largest absolute Gasteiger partial charge is 0.344 e. The van der Waals surface area contributed by atoms with E-state index in [9.17, 15) is 13.2 Å². The smallest absolute Gasteiger partial charge is 0.270 e.